The van der Waals surface area contributed by atoms with E-state index in [0.29, 0.717) is 13.1 Å². The molecular weight excluding hydrogens is 356 g/mol. The van der Waals surface area contributed by atoms with Gasteiger partial charge in [0.1, 0.15) is 0 Å². The van der Waals surface area contributed by atoms with E-state index in [-0.39, 0.29) is 6.03 Å². The second-order valence-electron chi connectivity index (χ2n) is 6.72. The molecule has 146 valence electrons. The average molecular weight is 380 g/mol. The first-order valence-corrected chi connectivity index (χ1v) is 9.49. The molecule has 2 amide bonds. The monoisotopic (exact) mass is 380 g/mol. The highest BCUT2D eigenvalue weighted by molar-refractivity contribution is 5.74. The Balaban J connectivity index is 1.29. The third kappa shape index (κ3) is 4.65. The summed E-state index contributed by atoms with van der Waals surface area (Å²) in [6.45, 7) is 5.32. The lowest BCUT2D eigenvalue weighted by Crippen LogP contribution is -2.43. The van der Waals surface area contributed by atoms with E-state index in [4.69, 9.17) is 4.74 Å². The minimum atomic E-state index is -0.157. The largest absolute Gasteiger partial charge is 0.379 e. The molecule has 0 radical (unpaired) electrons. The van der Waals surface area contributed by atoms with Gasteiger partial charge >= 0.3 is 6.03 Å². The maximum absolute atomic E-state index is 12.0. The number of nitrogens with zero attached hydrogens (tertiary/aromatic N) is 4. The van der Waals surface area contributed by atoms with Gasteiger partial charge in [0.15, 0.2) is 5.65 Å². The van der Waals surface area contributed by atoms with E-state index in [1.165, 1.54) is 0 Å². The van der Waals surface area contributed by atoms with Crippen molar-refractivity contribution in [2.75, 3.05) is 39.4 Å². The summed E-state index contributed by atoms with van der Waals surface area (Å²) < 4.78 is 7.07. The molecule has 1 aliphatic rings. The van der Waals surface area contributed by atoms with Gasteiger partial charge in [-0.25, -0.2) is 14.3 Å². The number of nitrogens with one attached hydrogen (secondary N) is 2. The number of carbonyl (C=O) groups is 1. The highest BCUT2D eigenvalue weighted by Gasteiger charge is 2.10. The number of urea groups is 1. The van der Waals surface area contributed by atoms with Gasteiger partial charge in [0, 0.05) is 44.5 Å². The van der Waals surface area contributed by atoms with Gasteiger partial charge in [0.25, 0.3) is 0 Å². The highest BCUT2D eigenvalue weighted by Crippen LogP contribution is 2.19. The number of morpholine rings is 1. The lowest BCUT2D eigenvalue weighted by atomic mass is 10.1. The molecule has 3 aromatic rings. The Labute approximate surface area is 163 Å². The van der Waals surface area contributed by atoms with Crippen LogP contribution in [0.4, 0.5) is 4.79 Å². The number of rotatable bonds is 6. The first-order chi connectivity index (χ1) is 13.8. The van der Waals surface area contributed by atoms with Crippen LogP contribution in [0.25, 0.3) is 16.9 Å². The first-order valence-electron chi connectivity index (χ1n) is 9.49. The summed E-state index contributed by atoms with van der Waals surface area (Å²) in [5.41, 5.74) is 3.68. The number of aromatic nitrogens is 3. The Morgan fingerprint density at radius 1 is 1.14 bits per heavy atom. The van der Waals surface area contributed by atoms with E-state index in [2.05, 4.69) is 25.6 Å². The van der Waals surface area contributed by atoms with Gasteiger partial charge in [-0.2, -0.15) is 5.10 Å². The fourth-order valence-corrected chi connectivity index (χ4v) is 3.21. The van der Waals surface area contributed by atoms with Crippen molar-refractivity contribution in [2.45, 2.75) is 6.54 Å². The van der Waals surface area contributed by atoms with Gasteiger partial charge in [0.05, 0.1) is 25.1 Å². The van der Waals surface area contributed by atoms with Crippen LogP contribution < -0.4 is 10.6 Å². The molecule has 1 fully saturated rings. The Bertz CT molecular complexity index is 902. The van der Waals surface area contributed by atoms with Crippen LogP contribution in [0.15, 0.2) is 48.8 Å². The third-order valence-electron chi connectivity index (χ3n) is 4.73. The van der Waals surface area contributed by atoms with Crippen LogP contribution in [0, 0.1) is 0 Å². The molecule has 1 aliphatic heterocycles. The average Bonchev–Trinajstić information content (AvgIpc) is 3.18. The van der Waals surface area contributed by atoms with Gasteiger partial charge < -0.3 is 15.4 Å². The molecule has 8 nitrogen and oxygen atoms in total. The van der Waals surface area contributed by atoms with E-state index in [0.717, 1.165) is 55.3 Å². The number of ether oxygens (including phenoxy) is 1. The van der Waals surface area contributed by atoms with E-state index in [1.807, 2.05) is 42.6 Å². The number of benzene rings is 1. The van der Waals surface area contributed by atoms with Crippen LogP contribution in [-0.2, 0) is 11.3 Å². The summed E-state index contributed by atoms with van der Waals surface area (Å²) in [4.78, 5) is 18.9. The normalized spacial score (nSPS) is 14.9. The number of hydrogen-bond donors (Lipinski definition) is 2. The number of fused-ring (bicyclic) bond motifs is 1. The fourth-order valence-electron chi connectivity index (χ4n) is 3.21. The molecule has 0 spiro atoms. The molecule has 0 unspecified atom stereocenters. The predicted octanol–water partition coefficient (Wildman–Crippen LogP) is 1.53. The SMILES string of the molecule is O=C(NCCN1CCOCC1)NCc1cccc(-c2cn3ncccc3n2)c1. The quantitative estimate of drug-likeness (QED) is 0.678. The second kappa shape index (κ2) is 8.81. The molecule has 2 aromatic heterocycles. The topological polar surface area (TPSA) is 83.8 Å². The molecule has 1 saturated heterocycles. The lowest BCUT2D eigenvalue weighted by molar-refractivity contribution is 0.0387. The smallest absolute Gasteiger partial charge is 0.315 e. The zero-order valence-electron chi connectivity index (χ0n) is 15.7. The Morgan fingerprint density at radius 2 is 2.04 bits per heavy atom. The van der Waals surface area contributed by atoms with Crippen LogP contribution in [0.5, 0.6) is 0 Å². The summed E-state index contributed by atoms with van der Waals surface area (Å²) in [6.07, 6.45) is 3.64. The maximum atomic E-state index is 12.0. The minimum absolute atomic E-state index is 0.157. The summed E-state index contributed by atoms with van der Waals surface area (Å²) in [5, 5.41) is 10.1. The van der Waals surface area contributed by atoms with Crippen molar-refractivity contribution in [1.29, 1.82) is 0 Å². The second-order valence-corrected chi connectivity index (χ2v) is 6.72. The van der Waals surface area contributed by atoms with Crippen LogP contribution >= 0.6 is 0 Å². The van der Waals surface area contributed by atoms with Gasteiger partial charge in [-0.05, 0) is 23.8 Å². The summed E-state index contributed by atoms with van der Waals surface area (Å²) >= 11 is 0. The molecule has 28 heavy (non-hydrogen) atoms. The number of imidazole rings is 1. The molecule has 2 N–H and O–H groups in total. The number of amides is 2. The molecule has 0 bridgehead atoms. The van der Waals surface area contributed by atoms with Gasteiger partial charge in [-0.1, -0.05) is 18.2 Å². The molecule has 0 saturated carbocycles. The predicted molar refractivity (Wildman–Crippen MR) is 106 cm³/mol. The van der Waals surface area contributed by atoms with E-state index in [9.17, 15) is 4.79 Å². The van der Waals surface area contributed by atoms with Crippen molar-refractivity contribution >= 4 is 11.7 Å². The number of hydrogen-bond acceptors (Lipinski definition) is 5. The van der Waals surface area contributed by atoms with Crippen LogP contribution in [0.3, 0.4) is 0 Å². The summed E-state index contributed by atoms with van der Waals surface area (Å²) in [7, 11) is 0. The van der Waals surface area contributed by atoms with E-state index < -0.39 is 0 Å². The standard InChI is InChI=1S/C20H24N6O2/c27-20(21-7-8-25-9-11-28-12-10-25)22-14-16-3-1-4-17(13-16)18-15-26-19(24-18)5-2-6-23-26/h1-6,13,15H,7-12,14H2,(H2,21,22,27). The van der Waals surface area contributed by atoms with Crippen molar-refractivity contribution in [3.05, 3.63) is 54.4 Å². The van der Waals surface area contributed by atoms with Crippen molar-refractivity contribution in [1.82, 2.24) is 30.1 Å². The van der Waals surface area contributed by atoms with E-state index in [1.54, 1.807) is 10.7 Å². The summed E-state index contributed by atoms with van der Waals surface area (Å²) in [6, 6.07) is 11.6. The van der Waals surface area contributed by atoms with Crippen molar-refractivity contribution in [3.8, 4) is 11.3 Å². The Hall–Kier alpha value is -2.97. The van der Waals surface area contributed by atoms with Crippen LogP contribution in [0.2, 0.25) is 0 Å². The lowest BCUT2D eigenvalue weighted by Gasteiger charge is -2.26. The van der Waals surface area contributed by atoms with Gasteiger partial charge in [-0.3, -0.25) is 4.90 Å². The van der Waals surface area contributed by atoms with Crippen molar-refractivity contribution in [2.24, 2.45) is 0 Å². The zero-order valence-corrected chi connectivity index (χ0v) is 15.7. The molecule has 0 aliphatic carbocycles. The van der Waals surface area contributed by atoms with Crippen molar-refractivity contribution in [3.63, 3.8) is 0 Å². The zero-order chi connectivity index (χ0) is 19.2. The highest BCUT2D eigenvalue weighted by atomic mass is 16.5. The molecule has 8 heteroatoms. The summed E-state index contributed by atoms with van der Waals surface area (Å²) in [5.74, 6) is 0. The molecule has 1 aromatic carbocycles. The number of carbonyl (C=O) groups excluding carboxylic acids is 1. The molecule has 3 heterocycles. The Kier molecular flexibility index (Phi) is 5.79. The first kappa shape index (κ1) is 18.4. The van der Waals surface area contributed by atoms with E-state index >= 15 is 0 Å². The third-order valence-corrected chi connectivity index (χ3v) is 4.73. The molecule has 4 rings (SSSR count). The van der Waals surface area contributed by atoms with Gasteiger partial charge in [0.2, 0.25) is 0 Å². The molecule has 0 atom stereocenters. The maximum Gasteiger partial charge on any atom is 0.315 e. The Morgan fingerprint density at radius 3 is 2.89 bits per heavy atom. The molecular formula is C20H24N6O2. The van der Waals surface area contributed by atoms with Crippen molar-refractivity contribution < 1.29 is 9.53 Å². The fraction of sp³-hybridized carbons (Fsp3) is 0.350. The van der Waals surface area contributed by atoms with Gasteiger partial charge in [-0.15, -0.1) is 0 Å². The van der Waals surface area contributed by atoms with Crippen LogP contribution in [-0.4, -0.2) is 64.9 Å². The van der Waals surface area contributed by atoms with Crippen LogP contribution in [0.1, 0.15) is 5.56 Å². The minimum Gasteiger partial charge on any atom is -0.379 e.